The summed E-state index contributed by atoms with van der Waals surface area (Å²) in [6.07, 6.45) is 0.252. The Balaban J connectivity index is 2.31. The zero-order chi connectivity index (χ0) is 14.7. The molecule has 0 aliphatic rings. The van der Waals surface area contributed by atoms with Crippen molar-refractivity contribution in [2.45, 2.75) is 12.5 Å². The summed E-state index contributed by atoms with van der Waals surface area (Å²) in [6, 6.07) is 7.08. The van der Waals surface area contributed by atoms with Gasteiger partial charge in [-0.3, -0.25) is 0 Å². The number of likely N-dealkylation sites (N-methyl/N-ethyl adjacent to an activating group) is 1. The lowest BCUT2D eigenvalue weighted by Gasteiger charge is -2.18. The number of nitrogens with one attached hydrogen (secondary N) is 1. The third-order valence-corrected chi connectivity index (χ3v) is 3.28. The minimum absolute atomic E-state index is 0.252. The highest BCUT2D eigenvalue weighted by atomic mass is 35.5. The van der Waals surface area contributed by atoms with Crippen LogP contribution in [0, 0.1) is 17.5 Å². The predicted octanol–water partition coefficient (Wildman–Crippen LogP) is 4.26. The van der Waals surface area contributed by atoms with E-state index in [1.54, 1.807) is 7.05 Å². The van der Waals surface area contributed by atoms with Gasteiger partial charge in [-0.1, -0.05) is 11.6 Å². The van der Waals surface area contributed by atoms with Crippen molar-refractivity contribution in [3.8, 4) is 0 Å². The van der Waals surface area contributed by atoms with E-state index in [2.05, 4.69) is 5.32 Å². The molecule has 0 bridgehead atoms. The zero-order valence-corrected chi connectivity index (χ0v) is 11.5. The van der Waals surface area contributed by atoms with Gasteiger partial charge in [-0.25, -0.2) is 13.2 Å². The van der Waals surface area contributed by atoms with Crippen LogP contribution in [0.25, 0.3) is 0 Å². The van der Waals surface area contributed by atoms with Crippen LogP contribution in [0.15, 0.2) is 36.4 Å². The third-order valence-electron chi connectivity index (χ3n) is 3.04. The van der Waals surface area contributed by atoms with Crippen molar-refractivity contribution >= 4 is 11.6 Å². The topological polar surface area (TPSA) is 12.0 Å². The van der Waals surface area contributed by atoms with Crippen LogP contribution in [-0.4, -0.2) is 7.05 Å². The lowest BCUT2D eigenvalue weighted by Crippen LogP contribution is -2.20. The first-order valence-corrected chi connectivity index (χ1v) is 6.44. The van der Waals surface area contributed by atoms with E-state index in [-0.39, 0.29) is 6.42 Å². The number of benzene rings is 2. The normalized spacial score (nSPS) is 12.4. The molecule has 0 spiro atoms. The summed E-state index contributed by atoms with van der Waals surface area (Å²) in [4.78, 5) is 0. The monoisotopic (exact) mass is 299 g/mol. The molecule has 5 heteroatoms. The fraction of sp³-hybridized carbons (Fsp3) is 0.200. The number of rotatable bonds is 4. The fourth-order valence-electron chi connectivity index (χ4n) is 2.11. The molecular weight excluding hydrogens is 287 g/mol. The van der Waals surface area contributed by atoms with Crippen LogP contribution in [0.2, 0.25) is 5.02 Å². The molecule has 106 valence electrons. The van der Waals surface area contributed by atoms with Gasteiger partial charge < -0.3 is 5.32 Å². The molecule has 1 N–H and O–H groups in total. The molecule has 0 saturated heterocycles. The molecule has 2 aromatic carbocycles. The van der Waals surface area contributed by atoms with E-state index in [0.717, 1.165) is 6.07 Å². The van der Waals surface area contributed by atoms with Crippen molar-refractivity contribution in [3.63, 3.8) is 0 Å². The number of hydrogen-bond acceptors (Lipinski definition) is 1. The van der Waals surface area contributed by atoms with Crippen LogP contribution >= 0.6 is 11.6 Å². The van der Waals surface area contributed by atoms with Crippen LogP contribution in [0.3, 0.4) is 0 Å². The van der Waals surface area contributed by atoms with E-state index in [1.165, 1.54) is 30.3 Å². The minimum Gasteiger partial charge on any atom is -0.313 e. The molecule has 2 rings (SSSR count). The van der Waals surface area contributed by atoms with Gasteiger partial charge in [-0.05, 0) is 49.4 Å². The molecule has 0 aromatic heterocycles. The van der Waals surface area contributed by atoms with Gasteiger partial charge >= 0.3 is 0 Å². The van der Waals surface area contributed by atoms with E-state index in [1.807, 2.05) is 0 Å². The lowest BCUT2D eigenvalue weighted by molar-refractivity contribution is 0.528. The highest BCUT2D eigenvalue weighted by Crippen LogP contribution is 2.24. The van der Waals surface area contributed by atoms with Gasteiger partial charge in [0.05, 0.1) is 0 Å². The molecule has 1 unspecified atom stereocenters. The third kappa shape index (κ3) is 3.52. The van der Waals surface area contributed by atoms with Gasteiger partial charge in [0.25, 0.3) is 0 Å². The van der Waals surface area contributed by atoms with Crippen molar-refractivity contribution in [2.24, 2.45) is 0 Å². The van der Waals surface area contributed by atoms with Gasteiger partial charge in [-0.2, -0.15) is 0 Å². The molecule has 0 aliphatic carbocycles. The zero-order valence-electron chi connectivity index (χ0n) is 10.8. The van der Waals surface area contributed by atoms with Crippen molar-refractivity contribution in [1.29, 1.82) is 0 Å². The van der Waals surface area contributed by atoms with Crippen LogP contribution < -0.4 is 5.32 Å². The van der Waals surface area contributed by atoms with Crippen LogP contribution in [0.4, 0.5) is 13.2 Å². The number of halogens is 4. The standard InChI is InChI=1S/C15H13ClF3N/c1-20-15(13-7-10(16)2-3-14(13)19)6-9-4-11(17)8-12(18)5-9/h2-5,7-8,15,20H,6H2,1H3. The maximum absolute atomic E-state index is 13.8. The summed E-state index contributed by atoms with van der Waals surface area (Å²) in [5.41, 5.74) is 0.811. The van der Waals surface area contributed by atoms with Gasteiger partial charge in [-0.15, -0.1) is 0 Å². The largest absolute Gasteiger partial charge is 0.313 e. The fourth-order valence-corrected chi connectivity index (χ4v) is 2.29. The van der Waals surface area contributed by atoms with Gasteiger partial charge in [0, 0.05) is 22.7 Å². The maximum Gasteiger partial charge on any atom is 0.128 e. The van der Waals surface area contributed by atoms with E-state index >= 15 is 0 Å². The summed E-state index contributed by atoms with van der Waals surface area (Å²) < 4.78 is 40.2. The summed E-state index contributed by atoms with van der Waals surface area (Å²) in [5, 5.41) is 3.34. The van der Waals surface area contributed by atoms with Crippen molar-refractivity contribution in [1.82, 2.24) is 5.32 Å². The molecule has 2 aromatic rings. The average molecular weight is 300 g/mol. The Morgan fingerprint density at radius 3 is 2.30 bits per heavy atom. The predicted molar refractivity (Wildman–Crippen MR) is 73.3 cm³/mol. The molecule has 20 heavy (non-hydrogen) atoms. The molecule has 0 radical (unpaired) electrons. The second-order valence-electron chi connectivity index (χ2n) is 4.49. The Bertz CT molecular complexity index is 596. The molecule has 1 nitrogen and oxygen atoms in total. The molecule has 1 atom stereocenters. The Morgan fingerprint density at radius 2 is 1.70 bits per heavy atom. The van der Waals surface area contributed by atoms with Crippen molar-refractivity contribution in [2.75, 3.05) is 7.05 Å². The van der Waals surface area contributed by atoms with Gasteiger partial charge in [0.15, 0.2) is 0 Å². The SMILES string of the molecule is CNC(Cc1cc(F)cc(F)c1)c1cc(Cl)ccc1F. The first-order valence-electron chi connectivity index (χ1n) is 6.07. The van der Waals surface area contributed by atoms with E-state index < -0.39 is 23.5 Å². The van der Waals surface area contributed by atoms with E-state index in [0.29, 0.717) is 16.1 Å². The second kappa shape index (κ2) is 6.29. The van der Waals surface area contributed by atoms with E-state index in [4.69, 9.17) is 11.6 Å². The first-order chi connectivity index (χ1) is 9.49. The smallest absolute Gasteiger partial charge is 0.128 e. The summed E-state index contributed by atoms with van der Waals surface area (Å²) >= 11 is 5.86. The molecule has 0 fully saturated rings. The summed E-state index contributed by atoms with van der Waals surface area (Å²) in [6.45, 7) is 0. The lowest BCUT2D eigenvalue weighted by atomic mass is 9.98. The highest BCUT2D eigenvalue weighted by Gasteiger charge is 2.16. The van der Waals surface area contributed by atoms with E-state index in [9.17, 15) is 13.2 Å². The molecule has 0 aliphatic heterocycles. The number of hydrogen-bond donors (Lipinski definition) is 1. The maximum atomic E-state index is 13.8. The van der Waals surface area contributed by atoms with Crippen LogP contribution in [0.5, 0.6) is 0 Å². The Kier molecular flexibility index (Phi) is 4.68. The summed E-state index contributed by atoms with van der Waals surface area (Å²) in [7, 11) is 1.65. The first kappa shape index (κ1) is 14.9. The highest BCUT2D eigenvalue weighted by molar-refractivity contribution is 6.30. The second-order valence-corrected chi connectivity index (χ2v) is 4.93. The molecule has 0 amide bonds. The van der Waals surface area contributed by atoms with Crippen molar-refractivity contribution in [3.05, 3.63) is 70.0 Å². The molecular formula is C15H13ClF3N. The van der Waals surface area contributed by atoms with Gasteiger partial charge in [0.2, 0.25) is 0 Å². The Labute approximate surface area is 120 Å². The summed E-state index contributed by atoms with van der Waals surface area (Å²) in [5.74, 6) is -1.71. The van der Waals surface area contributed by atoms with Crippen LogP contribution in [0.1, 0.15) is 17.2 Å². The molecule has 0 saturated carbocycles. The van der Waals surface area contributed by atoms with Gasteiger partial charge in [0.1, 0.15) is 17.5 Å². The average Bonchev–Trinajstić information content (AvgIpc) is 2.38. The van der Waals surface area contributed by atoms with Crippen molar-refractivity contribution < 1.29 is 13.2 Å². The minimum atomic E-state index is -0.651. The Morgan fingerprint density at radius 1 is 1.05 bits per heavy atom. The quantitative estimate of drug-likeness (QED) is 0.889. The molecule has 0 heterocycles. The van der Waals surface area contributed by atoms with Crippen LogP contribution in [-0.2, 0) is 6.42 Å². The Hall–Kier alpha value is -1.52.